The van der Waals surface area contributed by atoms with E-state index in [2.05, 4.69) is 5.32 Å². The molecule has 1 aromatic carbocycles. The van der Waals surface area contributed by atoms with Crippen molar-refractivity contribution in [3.8, 4) is 0 Å². The van der Waals surface area contributed by atoms with Gasteiger partial charge in [0.15, 0.2) is 0 Å². The number of carboxylic acid groups (broad SMARTS) is 1. The van der Waals surface area contributed by atoms with E-state index >= 15 is 0 Å². The van der Waals surface area contributed by atoms with Crippen molar-refractivity contribution in [1.29, 1.82) is 0 Å². The third kappa shape index (κ3) is 2.34. The van der Waals surface area contributed by atoms with Gasteiger partial charge < -0.3 is 15.2 Å². The van der Waals surface area contributed by atoms with Gasteiger partial charge in [-0.05, 0) is 30.4 Å². The largest absolute Gasteiger partial charge is 0.550 e. The highest BCUT2D eigenvalue weighted by Crippen LogP contribution is 2.48. The number of hydrogen-bond acceptors (Lipinski definition) is 5. The molecular weight excluding hydrogens is 288 g/mol. The molecule has 0 aliphatic heterocycles. The molecule has 2 aliphatic carbocycles. The van der Waals surface area contributed by atoms with Crippen LogP contribution in [0, 0.1) is 33.8 Å². The molecule has 7 nitrogen and oxygen atoms in total. The fourth-order valence-corrected chi connectivity index (χ4v) is 3.39. The number of carbonyl (C=O) groups excluding carboxylic acids is 2. The molecule has 0 spiro atoms. The number of nitrogens with one attached hydrogen (secondary N) is 1. The van der Waals surface area contributed by atoms with Crippen molar-refractivity contribution in [3.05, 3.63) is 46.5 Å². The molecule has 1 N–H and O–H groups in total. The molecule has 22 heavy (non-hydrogen) atoms. The first kappa shape index (κ1) is 14.2. The number of rotatable bonds is 4. The van der Waals surface area contributed by atoms with Gasteiger partial charge in [0.1, 0.15) is 0 Å². The highest BCUT2D eigenvalue weighted by Gasteiger charge is 2.48. The van der Waals surface area contributed by atoms with Crippen LogP contribution in [-0.4, -0.2) is 16.8 Å². The normalized spacial score (nSPS) is 28.5. The van der Waals surface area contributed by atoms with Gasteiger partial charge in [0.2, 0.25) is 5.91 Å². The van der Waals surface area contributed by atoms with Crippen molar-refractivity contribution in [2.75, 3.05) is 5.32 Å². The number of non-ortho nitro benzene ring substituents is 1. The number of benzene rings is 1. The Labute approximate surface area is 125 Å². The average Bonchev–Trinajstić information content (AvgIpc) is 3.08. The molecule has 1 fully saturated rings. The Balaban J connectivity index is 1.75. The number of aliphatic carboxylic acids is 1. The maximum Gasteiger partial charge on any atom is 0.269 e. The number of nitrogens with zero attached hydrogens (tertiary/aromatic N) is 1. The Kier molecular flexibility index (Phi) is 3.40. The SMILES string of the molecule is O=C(Nc1ccc([N+](=O)[O-])cc1)[C@@H]1[C@@H](C(=O)[O-])[C@H]2C=C[C@@H]1C2. The average molecular weight is 301 g/mol. The summed E-state index contributed by atoms with van der Waals surface area (Å²) in [4.78, 5) is 33.7. The second kappa shape index (κ2) is 5.25. The zero-order valence-corrected chi connectivity index (χ0v) is 11.5. The number of nitro benzene ring substituents is 1. The third-order valence-electron chi connectivity index (χ3n) is 4.38. The smallest absolute Gasteiger partial charge is 0.269 e. The Morgan fingerprint density at radius 2 is 1.68 bits per heavy atom. The molecule has 0 unspecified atom stereocenters. The van der Waals surface area contributed by atoms with Crippen molar-refractivity contribution >= 4 is 23.3 Å². The number of nitro groups is 1. The first-order valence-electron chi connectivity index (χ1n) is 6.92. The van der Waals surface area contributed by atoms with Crippen molar-refractivity contribution < 1.29 is 19.6 Å². The maximum absolute atomic E-state index is 12.4. The highest BCUT2D eigenvalue weighted by molar-refractivity contribution is 5.96. The Hall–Kier alpha value is -2.70. The molecular formula is C15H13N2O5-. The second-order valence-electron chi connectivity index (χ2n) is 5.61. The quantitative estimate of drug-likeness (QED) is 0.500. The summed E-state index contributed by atoms with van der Waals surface area (Å²) in [5, 5.41) is 24.5. The van der Waals surface area contributed by atoms with Gasteiger partial charge in [-0.15, -0.1) is 0 Å². The molecule has 1 amide bonds. The van der Waals surface area contributed by atoms with E-state index in [0.29, 0.717) is 12.1 Å². The monoisotopic (exact) mass is 301 g/mol. The van der Waals surface area contributed by atoms with Crippen molar-refractivity contribution in [3.63, 3.8) is 0 Å². The van der Waals surface area contributed by atoms with Gasteiger partial charge in [-0.1, -0.05) is 12.2 Å². The first-order chi connectivity index (χ1) is 10.5. The highest BCUT2D eigenvalue weighted by atomic mass is 16.6. The lowest BCUT2D eigenvalue weighted by Crippen LogP contribution is -2.42. The molecule has 1 saturated carbocycles. The van der Waals surface area contributed by atoms with Crippen molar-refractivity contribution in [2.45, 2.75) is 6.42 Å². The number of allylic oxidation sites excluding steroid dienone is 2. The van der Waals surface area contributed by atoms with Crippen LogP contribution in [0.3, 0.4) is 0 Å². The number of carbonyl (C=O) groups is 2. The number of anilines is 1. The summed E-state index contributed by atoms with van der Waals surface area (Å²) in [5.74, 6) is -3.31. The minimum absolute atomic E-state index is 0.0755. The Morgan fingerprint density at radius 3 is 2.23 bits per heavy atom. The molecule has 3 rings (SSSR count). The molecule has 7 heteroatoms. The lowest BCUT2D eigenvalue weighted by atomic mass is 9.82. The van der Waals surface area contributed by atoms with E-state index < -0.39 is 22.7 Å². The van der Waals surface area contributed by atoms with E-state index in [4.69, 9.17) is 0 Å². The van der Waals surface area contributed by atoms with E-state index in [1.54, 1.807) is 0 Å². The summed E-state index contributed by atoms with van der Waals surface area (Å²) in [6.07, 6.45) is 4.36. The summed E-state index contributed by atoms with van der Waals surface area (Å²) >= 11 is 0. The van der Waals surface area contributed by atoms with Gasteiger partial charge in [0, 0.05) is 29.7 Å². The molecule has 0 heterocycles. The van der Waals surface area contributed by atoms with Crippen LogP contribution in [0.15, 0.2) is 36.4 Å². The molecule has 0 saturated heterocycles. The number of hydrogen-bond donors (Lipinski definition) is 1. The minimum atomic E-state index is -1.21. The summed E-state index contributed by atoms with van der Waals surface area (Å²) < 4.78 is 0. The zero-order chi connectivity index (χ0) is 15.9. The van der Waals surface area contributed by atoms with Crippen LogP contribution >= 0.6 is 0 Å². The summed E-state index contributed by atoms with van der Waals surface area (Å²) in [6, 6.07) is 5.42. The van der Waals surface area contributed by atoms with Gasteiger partial charge in [-0.3, -0.25) is 14.9 Å². The fourth-order valence-electron chi connectivity index (χ4n) is 3.39. The van der Waals surface area contributed by atoms with Crippen LogP contribution in [0.5, 0.6) is 0 Å². The summed E-state index contributed by atoms with van der Waals surface area (Å²) in [6.45, 7) is 0. The minimum Gasteiger partial charge on any atom is -0.550 e. The molecule has 0 aromatic heterocycles. The Bertz CT molecular complexity index is 667. The molecule has 1 aromatic rings. The number of amides is 1. The lowest BCUT2D eigenvalue weighted by molar-refractivity contribution is -0.384. The van der Waals surface area contributed by atoms with E-state index in [9.17, 15) is 24.8 Å². The van der Waals surface area contributed by atoms with Gasteiger partial charge in [-0.2, -0.15) is 0 Å². The predicted molar refractivity (Wildman–Crippen MR) is 74.5 cm³/mol. The third-order valence-corrected chi connectivity index (χ3v) is 4.38. The lowest BCUT2D eigenvalue weighted by Gasteiger charge is -2.27. The molecule has 114 valence electrons. The molecule has 4 atom stereocenters. The van der Waals surface area contributed by atoms with E-state index in [0.717, 1.165) is 0 Å². The van der Waals surface area contributed by atoms with Crippen LogP contribution in [0.1, 0.15) is 6.42 Å². The number of fused-ring (bicyclic) bond motifs is 2. The first-order valence-corrected chi connectivity index (χ1v) is 6.92. The number of carboxylic acids is 1. The summed E-state index contributed by atoms with van der Waals surface area (Å²) in [7, 11) is 0. The van der Waals surface area contributed by atoms with Crippen molar-refractivity contribution in [1.82, 2.24) is 0 Å². The van der Waals surface area contributed by atoms with Gasteiger partial charge in [-0.25, -0.2) is 0 Å². The van der Waals surface area contributed by atoms with Crippen LogP contribution in [0.2, 0.25) is 0 Å². The van der Waals surface area contributed by atoms with E-state index in [-0.39, 0.29) is 23.4 Å². The van der Waals surface area contributed by atoms with E-state index in [1.165, 1.54) is 24.3 Å². The van der Waals surface area contributed by atoms with Crippen LogP contribution < -0.4 is 10.4 Å². The van der Waals surface area contributed by atoms with Crippen molar-refractivity contribution in [2.24, 2.45) is 23.7 Å². The standard InChI is InChI=1S/C15H14N2O5/c18-14(16-10-3-5-11(6-4-10)17(21)22)12-8-1-2-9(7-8)13(12)15(19)20/h1-6,8-9,12-13H,7H2,(H,16,18)(H,19,20)/p-1/t8-,9+,12+,13+/m1/s1. The zero-order valence-electron chi connectivity index (χ0n) is 11.5. The van der Waals surface area contributed by atoms with Gasteiger partial charge in [0.25, 0.3) is 5.69 Å². The molecule has 2 bridgehead atoms. The topological polar surface area (TPSA) is 112 Å². The fraction of sp³-hybridized carbons (Fsp3) is 0.333. The van der Waals surface area contributed by atoms with Crippen LogP contribution in [0.25, 0.3) is 0 Å². The molecule has 2 aliphatic rings. The van der Waals surface area contributed by atoms with E-state index in [1.807, 2.05) is 12.2 Å². The van der Waals surface area contributed by atoms with Crippen LogP contribution in [0.4, 0.5) is 11.4 Å². The predicted octanol–water partition coefficient (Wildman–Crippen LogP) is 0.722. The molecule has 0 radical (unpaired) electrons. The second-order valence-corrected chi connectivity index (χ2v) is 5.61. The Morgan fingerprint density at radius 1 is 1.09 bits per heavy atom. The summed E-state index contributed by atoms with van der Waals surface area (Å²) in [5.41, 5.74) is 0.327. The van der Waals surface area contributed by atoms with Gasteiger partial charge in [0.05, 0.1) is 10.8 Å². The maximum atomic E-state index is 12.4. The van der Waals surface area contributed by atoms with Gasteiger partial charge >= 0.3 is 0 Å². The van der Waals surface area contributed by atoms with Crippen LogP contribution in [-0.2, 0) is 9.59 Å².